The molecule has 0 atom stereocenters. The molecule has 0 radical (unpaired) electrons. The molecule has 0 bridgehead atoms. The molecule has 6 nitrogen and oxygen atoms in total. The van der Waals surface area contributed by atoms with Gasteiger partial charge in [0.05, 0.1) is 12.0 Å². The lowest BCUT2D eigenvalue weighted by Gasteiger charge is -2.38. The van der Waals surface area contributed by atoms with E-state index in [0.717, 1.165) is 0 Å². The first-order valence-electron chi connectivity index (χ1n) is 6.13. The van der Waals surface area contributed by atoms with Gasteiger partial charge in [-0.1, -0.05) is 0 Å². The van der Waals surface area contributed by atoms with E-state index in [1.54, 1.807) is 30.9 Å². The summed E-state index contributed by atoms with van der Waals surface area (Å²) in [5.41, 5.74) is -0.693. The molecule has 1 rings (SSSR count). The van der Waals surface area contributed by atoms with E-state index in [4.69, 9.17) is 9.84 Å². The molecule has 0 aromatic carbocycles. The standard InChI is InChI=1S/C12H22N2O4/c1-12(10(15)16)4-6-14(7-5-12)11(17)13(2)8-9-18-3/h4-9H2,1-3H3,(H,15,16). The van der Waals surface area contributed by atoms with Gasteiger partial charge < -0.3 is 19.6 Å². The Morgan fingerprint density at radius 3 is 2.39 bits per heavy atom. The minimum absolute atomic E-state index is 0.0560. The monoisotopic (exact) mass is 258 g/mol. The van der Waals surface area contributed by atoms with Crippen LogP contribution in [-0.2, 0) is 9.53 Å². The summed E-state index contributed by atoms with van der Waals surface area (Å²) in [5, 5.41) is 9.12. The Kier molecular flexibility index (Phi) is 4.95. The highest BCUT2D eigenvalue weighted by Crippen LogP contribution is 2.31. The second-order valence-electron chi connectivity index (χ2n) is 5.05. The van der Waals surface area contributed by atoms with Gasteiger partial charge in [0.25, 0.3) is 0 Å². The van der Waals surface area contributed by atoms with E-state index in [1.807, 2.05) is 0 Å². The number of carboxylic acids is 1. The Hall–Kier alpha value is -1.30. The Labute approximate surface area is 107 Å². The Morgan fingerprint density at radius 2 is 1.94 bits per heavy atom. The van der Waals surface area contributed by atoms with Gasteiger partial charge in [-0.15, -0.1) is 0 Å². The Balaban J connectivity index is 2.47. The summed E-state index contributed by atoms with van der Waals surface area (Å²) in [5.74, 6) is -0.776. The van der Waals surface area contributed by atoms with E-state index in [1.165, 1.54) is 0 Å². The second kappa shape index (κ2) is 6.04. The predicted octanol–water partition coefficient (Wildman–Crippen LogP) is 0.871. The maximum atomic E-state index is 12.0. The Morgan fingerprint density at radius 1 is 1.39 bits per heavy atom. The van der Waals surface area contributed by atoms with Gasteiger partial charge in [-0.25, -0.2) is 4.79 Å². The summed E-state index contributed by atoms with van der Waals surface area (Å²) in [6.07, 6.45) is 1.01. The number of nitrogens with zero attached hydrogens (tertiary/aromatic N) is 2. The van der Waals surface area contributed by atoms with Crippen LogP contribution >= 0.6 is 0 Å². The van der Waals surface area contributed by atoms with Crippen LogP contribution in [0.4, 0.5) is 4.79 Å². The van der Waals surface area contributed by atoms with Crippen LogP contribution in [0.1, 0.15) is 19.8 Å². The topological polar surface area (TPSA) is 70.1 Å². The van der Waals surface area contributed by atoms with E-state index < -0.39 is 11.4 Å². The molecular weight excluding hydrogens is 236 g/mol. The number of piperidine rings is 1. The molecule has 1 heterocycles. The number of rotatable bonds is 4. The number of aliphatic carboxylic acids is 1. The highest BCUT2D eigenvalue weighted by atomic mass is 16.5. The van der Waals surface area contributed by atoms with Crippen molar-refractivity contribution in [3.8, 4) is 0 Å². The normalized spacial score (nSPS) is 18.5. The molecular formula is C12H22N2O4. The number of urea groups is 1. The first kappa shape index (κ1) is 14.8. The zero-order valence-electron chi connectivity index (χ0n) is 11.3. The molecule has 0 aromatic heterocycles. The van der Waals surface area contributed by atoms with Gasteiger partial charge in [0, 0.05) is 33.8 Å². The smallest absolute Gasteiger partial charge is 0.319 e. The third kappa shape index (κ3) is 3.35. The van der Waals surface area contributed by atoms with Crippen LogP contribution in [0.5, 0.6) is 0 Å². The van der Waals surface area contributed by atoms with Gasteiger partial charge in [0.1, 0.15) is 0 Å². The predicted molar refractivity (Wildman–Crippen MR) is 66.5 cm³/mol. The maximum Gasteiger partial charge on any atom is 0.319 e. The van der Waals surface area contributed by atoms with Gasteiger partial charge in [-0.3, -0.25) is 4.79 Å². The summed E-state index contributed by atoms with van der Waals surface area (Å²) in [6.45, 7) is 3.79. The molecule has 18 heavy (non-hydrogen) atoms. The number of ether oxygens (including phenoxy) is 1. The molecule has 1 fully saturated rings. The quantitative estimate of drug-likeness (QED) is 0.812. The molecule has 104 valence electrons. The SMILES string of the molecule is COCCN(C)C(=O)N1CCC(C)(C(=O)O)CC1. The average Bonchev–Trinajstić information content (AvgIpc) is 2.35. The van der Waals surface area contributed by atoms with Crippen molar-refractivity contribution in [3.63, 3.8) is 0 Å². The lowest BCUT2D eigenvalue weighted by molar-refractivity contribution is -0.150. The third-order valence-corrected chi connectivity index (χ3v) is 3.61. The number of methoxy groups -OCH3 is 1. The molecule has 0 aliphatic carbocycles. The fraction of sp³-hybridized carbons (Fsp3) is 0.833. The lowest BCUT2D eigenvalue weighted by Crippen LogP contribution is -2.49. The zero-order chi connectivity index (χ0) is 13.8. The average molecular weight is 258 g/mol. The van der Waals surface area contributed by atoms with Gasteiger partial charge in [0.15, 0.2) is 0 Å². The van der Waals surface area contributed by atoms with Crippen molar-refractivity contribution in [1.29, 1.82) is 0 Å². The second-order valence-corrected chi connectivity index (χ2v) is 5.05. The van der Waals surface area contributed by atoms with Gasteiger partial charge in [-0.2, -0.15) is 0 Å². The fourth-order valence-corrected chi connectivity index (χ4v) is 1.97. The van der Waals surface area contributed by atoms with E-state index >= 15 is 0 Å². The summed E-state index contributed by atoms with van der Waals surface area (Å²) < 4.78 is 4.92. The molecule has 1 saturated heterocycles. The highest BCUT2D eigenvalue weighted by molar-refractivity contribution is 5.76. The zero-order valence-corrected chi connectivity index (χ0v) is 11.3. The van der Waals surface area contributed by atoms with Crippen LogP contribution < -0.4 is 0 Å². The molecule has 6 heteroatoms. The first-order valence-corrected chi connectivity index (χ1v) is 6.13. The van der Waals surface area contributed by atoms with Gasteiger partial charge >= 0.3 is 12.0 Å². The number of hydrogen-bond acceptors (Lipinski definition) is 3. The highest BCUT2D eigenvalue weighted by Gasteiger charge is 2.38. The fourth-order valence-electron chi connectivity index (χ4n) is 1.97. The number of hydrogen-bond donors (Lipinski definition) is 1. The van der Waals surface area contributed by atoms with Gasteiger partial charge in [-0.05, 0) is 19.8 Å². The molecule has 1 N–H and O–H groups in total. The van der Waals surface area contributed by atoms with Crippen LogP contribution in [0, 0.1) is 5.41 Å². The molecule has 1 aliphatic rings. The summed E-state index contributed by atoms with van der Waals surface area (Å²) in [6, 6.07) is -0.0560. The van der Waals surface area contributed by atoms with Crippen LogP contribution in [0.25, 0.3) is 0 Å². The summed E-state index contributed by atoms with van der Waals surface area (Å²) in [7, 11) is 3.32. The largest absolute Gasteiger partial charge is 0.481 e. The maximum absolute atomic E-state index is 12.0. The number of likely N-dealkylation sites (N-methyl/N-ethyl adjacent to an activating group) is 1. The minimum atomic E-state index is -0.776. The van der Waals surface area contributed by atoms with E-state index in [0.29, 0.717) is 39.1 Å². The number of carbonyl (C=O) groups is 2. The number of carboxylic acid groups (broad SMARTS) is 1. The van der Waals surface area contributed by atoms with E-state index in [2.05, 4.69) is 0 Å². The van der Waals surface area contributed by atoms with Crippen molar-refractivity contribution in [3.05, 3.63) is 0 Å². The number of amides is 2. The molecule has 0 spiro atoms. The van der Waals surface area contributed by atoms with Crippen molar-refractivity contribution in [1.82, 2.24) is 9.80 Å². The van der Waals surface area contributed by atoms with Gasteiger partial charge in [0.2, 0.25) is 0 Å². The van der Waals surface area contributed by atoms with E-state index in [9.17, 15) is 9.59 Å². The minimum Gasteiger partial charge on any atom is -0.481 e. The number of likely N-dealkylation sites (tertiary alicyclic amines) is 1. The van der Waals surface area contributed by atoms with Crippen molar-refractivity contribution in [2.75, 3.05) is 40.4 Å². The van der Waals surface area contributed by atoms with Crippen molar-refractivity contribution < 1.29 is 19.4 Å². The van der Waals surface area contributed by atoms with Crippen LogP contribution in [0.2, 0.25) is 0 Å². The molecule has 2 amide bonds. The van der Waals surface area contributed by atoms with Crippen LogP contribution in [0.15, 0.2) is 0 Å². The summed E-state index contributed by atoms with van der Waals surface area (Å²) in [4.78, 5) is 26.4. The first-order chi connectivity index (χ1) is 8.40. The van der Waals surface area contributed by atoms with Crippen molar-refractivity contribution >= 4 is 12.0 Å². The molecule has 1 aliphatic heterocycles. The number of carbonyl (C=O) groups excluding carboxylic acids is 1. The van der Waals surface area contributed by atoms with Crippen LogP contribution in [-0.4, -0.2) is 67.3 Å². The van der Waals surface area contributed by atoms with Crippen molar-refractivity contribution in [2.45, 2.75) is 19.8 Å². The molecule has 0 unspecified atom stereocenters. The van der Waals surface area contributed by atoms with E-state index in [-0.39, 0.29) is 6.03 Å². The van der Waals surface area contributed by atoms with Crippen LogP contribution in [0.3, 0.4) is 0 Å². The van der Waals surface area contributed by atoms with Crippen molar-refractivity contribution in [2.24, 2.45) is 5.41 Å². The third-order valence-electron chi connectivity index (χ3n) is 3.61. The molecule has 0 aromatic rings. The Bertz CT molecular complexity index is 311. The summed E-state index contributed by atoms with van der Waals surface area (Å²) >= 11 is 0. The molecule has 0 saturated carbocycles. The lowest BCUT2D eigenvalue weighted by atomic mass is 9.80.